The topological polar surface area (TPSA) is 58.7 Å². The van der Waals surface area contributed by atoms with Crippen LogP contribution in [0.4, 0.5) is 0 Å². The lowest BCUT2D eigenvalue weighted by atomic mass is 10.1. The van der Waals surface area contributed by atoms with Crippen LogP contribution in [0.1, 0.15) is 22.3 Å². The predicted molar refractivity (Wildman–Crippen MR) is 118 cm³/mol. The van der Waals surface area contributed by atoms with Gasteiger partial charge >= 0.3 is 0 Å². The van der Waals surface area contributed by atoms with Crippen LogP contribution in [0.5, 0.6) is 0 Å². The minimum Gasteiger partial charge on any atom is -0.268 e. The van der Waals surface area contributed by atoms with Crippen LogP contribution in [0, 0.1) is 25.2 Å². The van der Waals surface area contributed by atoms with Gasteiger partial charge in [-0.1, -0.05) is 48.2 Å². The normalized spacial score (nSPS) is 10.8. The third kappa shape index (κ3) is 3.80. The molecule has 0 radical (unpaired) electrons. The fourth-order valence-corrected chi connectivity index (χ4v) is 4.21. The number of rotatable bonds is 4. The van der Waals surface area contributed by atoms with Crippen LogP contribution < -0.4 is 5.56 Å². The molecule has 0 saturated heterocycles. The molecule has 0 spiro atoms. The van der Waals surface area contributed by atoms with Crippen LogP contribution in [0.15, 0.2) is 76.7 Å². The summed E-state index contributed by atoms with van der Waals surface area (Å²) in [5.41, 5.74) is 5.21. The fraction of sp³-hybridized carbons (Fsp3) is 0.125. The largest absolute Gasteiger partial charge is 0.268 e. The Balaban J connectivity index is 1.86. The van der Waals surface area contributed by atoms with Gasteiger partial charge in [-0.2, -0.15) is 5.26 Å². The zero-order valence-corrected chi connectivity index (χ0v) is 17.0. The second kappa shape index (κ2) is 7.94. The summed E-state index contributed by atoms with van der Waals surface area (Å²) in [6, 6.07) is 23.2. The molecular weight excluding hydrogens is 378 g/mol. The van der Waals surface area contributed by atoms with Gasteiger partial charge in [0.05, 0.1) is 28.2 Å². The Kier molecular flexibility index (Phi) is 5.20. The average molecular weight is 398 g/mol. The van der Waals surface area contributed by atoms with Gasteiger partial charge < -0.3 is 0 Å². The number of benzene rings is 3. The van der Waals surface area contributed by atoms with Crippen molar-refractivity contribution in [3.05, 3.63) is 99.3 Å². The predicted octanol–water partition coefficient (Wildman–Crippen LogP) is 5.17. The number of hydrogen-bond donors (Lipinski definition) is 0. The molecular formula is C24H19N3OS. The van der Waals surface area contributed by atoms with Crippen molar-refractivity contribution < 1.29 is 0 Å². The standard InChI is InChI=1S/C24H19N3OS/c1-16-10-11-17(2)22(12-16)27-23(28)20-8-3-4-9-21(20)26-24(27)29-15-19-7-5-6-18(13-19)14-25/h3-13H,15H2,1-2H3. The number of nitrogens with zero attached hydrogens (tertiary/aromatic N) is 3. The van der Waals surface area contributed by atoms with Crippen molar-refractivity contribution in [1.82, 2.24) is 9.55 Å². The Labute approximate surface area is 173 Å². The van der Waals surface area contributed by atoms with Gasteiger partial charge in [0.2, 0.25) is 0 Å². The second-order valence-corrected chi connectivity index (χ2v) is 7.89. The fourth-order valence-electron chi connectivity index (χ4n) is 3.26. The summed E-state index contributed by atoms with van der Waals surface area (Å²) in [5.74, 6) is 0.616. The van der Waals surface area contributed by atoms with E-state index in [1.165, 1.54) is 11.8 Å². The van der Waals surface area contributed by atoms with Crippen LogP contribution in [0.2, 0.25) is 0 Å². The molecule has 4 nitrogen and oxygen atoms in total. The molecule has 1 heterocycles. The van der Waals surface area contributed by atoms with E-state index in [4.69, 9.17) is 10.2 Å². The highest BCUT2D eigenvalue weighted by Crippen LogP contribution is 2.26. The first kappa shape index (κ1) is 19.0. The minimum atomic E-state index is -0.0717. The number of para-hydroxylation sites is 1. The number of nitriles is 1. The molecule has 0 unspecified atom stereocenters. The van der Waals surface area contributed by atoms with E-state index in [2.05, 4.69) is 6.07 Å². The number of aromatic nitrogens is 2. The van der Waals surface area contributed by atoms with E-state index in [0.29, 0.717) is 27.4 Å². The van der Waals surface area contributed by atoms with Crippen LogP contribution in [-0.4, -0.2) is 9.55 Å². The minimum absolute atomic E-state index is 0.0717. The molecule has 1 aromatic heterocycles. The van der Waals surface area contributed by atoms with Gasteiger partial charge in [0.25, 0.3) is 5.56 Å². The van der Waals surface area contributed by atoms with Gasteiger partial charge in [-0.3, -0.25) is 9.36 Å². The van der Waals surface area contributed by atoms with E-state index >= 15 is 0 Å². The van der Waals surface area contributed by atoms with Crippen molar-refractivity contribution in [2.75, 3.05) is 0 Å². The number of hydrogen-bond acceptors (Lipinski definition) is 4. The third-order valence-corrected chi connectivity index (χ3v) is 5.78. The maximum atomic E-state index is 13.4. The van der Waals surface area contributed by atoms with E-state index < -0.39 is 0 Å². The lowest BCUT2D eigenvalue weighted by molar-refractivity contribution is 0.813. The summed E-state index contributed by atoms with van der Waals surface area (Å²) >= 11 is 1.50. The van der Waals surface area contributed by atoms with E-state index in [1.807, 2.05) is 74.5 Å². The van der Waals surface area contributed by atoms with Crippen LogP contribution in [-0.2, 0) is 5.75 Å². The zero-order valence-electron chi connectivity index (χ0n) is 16.2. The molecule has 4 aromatic rings. The molecule has 0 saturated carbocycles. The first-order valence-electron chi connectivity index (χ1n) is 9.28. The summed E-state index contributed by atoms with van der Waals surface area (Å²) < 4.78 is 1.71. The van der Waals surface area contributed by atoms with Crippen molar-refractivity contribution in [3.63, 3.8) is 0 Å². The van der Waals surface area contributed by atoms with Gasteiger partial charge in [-0.05, 0) is 60.9 Å². The first-order valence-corrected chi connectivity index (χ1v) is 10.3. The summed E-state index contributed by atoms with van der Waals surface area (Å²) in [4.78, 5) is 18.2. The summed E-state index contributed by atoms with van der Waals surface area (Å²) in [7, 11) is 0. The molecule has 0 aliphatic rings. The van der Waals surface area contributed by atoms with E-state index in [1.54, 1.807) is 10.6 Å². The molecule has 29 heavy (non-hydrogen) atoms. The molecule has 3 aromatic carbocycles. The molecule has 142 valence electrons. The Hall–Kier alpha value is -3.36. The van der Waals surface area contributed by atoms with Crippen molar-refractivity contribution in [3.8, 4) is 11.8 Å². The lowest BCUT2D eigenvalue weighted by Crippen LogP contribution is -2.22. The Morgan fingerprint density at radius 3 is 2.69 bits per heavy atom. The van der Waals surface area contributed by atoms with Gasteiger partial charge in [0.1, 0.15) is 0 Å². The maximum absolute atomic E-state index is 13.4. The smallest absolute Gasteiger partial charge is 0.266 e. The molecule has 0 aliphatic carbocycles. The van der Waals surface area contributed by atoms with E-state index in [-0.39, 0.29) is 5.56 Å². The first-order chi connectivity index (χ1) is 14.1. The molecule has 4 rings (SSSR count). The van der Waals surface area contributed by atoms with Crippen molar-refractivity contribution in [2.45, 2.75) is 24.8 Å². The van der Waals surface area contributed by atoms with Crippen molar-refractivity contribution in [1.29, 1.82) is 5.26 Å². The van der Waals surface area contributed by atoms with Crippen LogP contribution in [0.25, 0.3) is 16.6 Å². The van der Waals surface area contributed by atoms with E-state index in [9.17, 15) is 4.79 Å². The molecule has 0 aliphatic heterocycles. The highest BCUT2D eigenvalue weighted by Gasteiger charge is 2.15. The molecule has 5 heteroatoms. The maximum Gasteiger partial charge on any atom is 0.266 e. The molecule has 0 fully saturated rings. The SMILES string of the molecule is Cc1ccc(C)c(-n2c(SCc3cccc(C#N)c3)nc3ccccc3c2=O)c1. The monoisotopic (exact) mass is 397 g/mol. The van der Waals surface area contributed by atoms with Crippen molar-refractivity contribution in [2.24, 2.45) is 0 Å². The summed E-state index contributed by atoms with van der Waals surface area (Å²) in [6.07, 6.45) is 0. The number of aryl methyl sites for hydroxylation is 2. The van der Waals surface area contributed by atoms with Gasteiger partial charge in [-0.15, -0.1) is 0 Å². The van der Waals surface area contributed by atoms with Gasteiger partial charge in [0.15, 0.2) is 5.16 Å². The molecule has 0 bridgehead atoms. The molecule has 0 amide bonds. The quantitative estimate of drug-likeness (QED) is 0.352. The van der Waals surface area contributed by atoms with Gasteiger partial charge in [0, 0.05) is 5.75 Å². The Morgan fingerprint density at radius 1 is 1.03 bits per heavy atom. The lowest BCUT2D eigenvalue weighted by Gasteiger charge is -2.16. The number of thioether (sulfide) groups is 1. The van der Waals surface area contributed by atoms with Crippen molar-refractivity contribution >= 4 is 22.7 Å². The van der Waals surface area contributed by atoms with Crippen LogP contribution in [0.3, 0.4) is 0 Å². The number of fused-ring (bicyclic) bond motifs is 1. The Bertz CT molecular complexity index is 1320. The highest BCUT2D eigenvalue weighted by molar-refractivity contribution is 7.98. The van der Waals surface area contributed by atoms with E-state index in [0.717, 1.165) is 22.4 Å². The molecule has 0 N–H and O–H groups in total. The van der Waals surface area contributed by atoms with Gasteiger partial charge in [-0.25, -0.2) is 4.98 Å². The highest BCUT2D eigenvalue weighted by atomic mass is 32.2. The third-order valence-electron chi connectivity index (χ3n) is 4.77. The Morgan fingerprint density at radius 2 is 1.86 bits per heavy atom. The zero-order chi connectivity index (χ0) is 20.4. The summed E-state index contributed by atoms with van der Waals surface area (Å²) in [6.45, 7) is 4.02. The molecule has 0 atom stereocenters. The average Bonchev–Trinajstić information content (AvgIpc) is 2.74. The second-order valence-electron chi connectivity index (χ2n) is 6.94. The summed E-state index contributed by atoms with van der Waals surface area (Å²) in [5, 5.41) is 10.4. The van der Waals surface area contributed by atoms with Crippen LogP contribution >= 0.6 is 11.8 Å².